The molecule has 3 N–H and O–H groups in total. The fourth-order valence-corrected chi connectivity index (χ4v) is 2.76. The van der Waals surface area contributed by atoms with Gasteiger partial charge in [-0.3, -0.25) is 4.99 Å². The first-order valence-electron chi connectivity index (χ1n) is 8.67. The van der Waals surface area contributed by atoms with Crippen LogP contribution >= 0.6 is 0 Å². The van der Waals surface area contributed by atoms with E-state index in [1.165, 1.54) is 0 Å². The van der Waals surface area contributed by atoms with Gasteiger partial charge < -0.3 is 20.1 Å². The largest absolute Gasteiger partial charge is 0.379 e. The maximum absolute atomic E-state index is 11.0. The zero-order valence-electron chi connectivity index (χ0n) is 14.8. The van der Waals surface area contributed by atoms with Crippen molar-refractivity contribution in [3.8, 4) is 0 Å². The highest BCUT2D eigenvalue weighted by atomic mass is 32.2. The lowest BCUT2D eigenvalue weighted by Crippen LogP contribution is -2.38. The van der Waals surface area contributed by atoms with E-state index in [-0.39, 0.29) is 6.10 Å². The maximum Gasteiger partial charge on any atom is 0.208 e. The molecule has 8 nitrogen and oxygen atoms in total. The fourth-order valence-electron chi connectivity index (χ4n) is 2.24. The SMILES string of the molecule is CCNC(=NCCCOCC1CCCO1)NCCCNS(C)(=O)=O. The van der Waals surface area contributed by atoms with Crippen molar-refractivity contribution in [1.82, 2.24) is 15.4 Å². The summed E-state index contributed by atoms with van der Waals surface area (Å²) in [4.78, 5) is 4.47. The molecule has 1 heterocycles. The minimum absolute atomic E-state index is 0.271. The second-order valence-corrected chi connectivity index (χ2v) is 7.60. The van der Waals surface area contributed by atoms with Crippen molar-refractivity contribution >= 4 is 16.0 Å². The fraction of sp³-hybridized carbons (Fsp3) is 0.933. The Morgan fingerprint density at radius 3 is 2.79 bits per heavy atom. The molecule has 1 aliphatic heterocycles. The van der Waals surface area contributed by atoms with Gasteiger partial charge >= 0.3 is 0 Å². The zero-order chi connectivity index (χ0) is 17.7. The van der Waals surface area contributed by atoms with Crippen molar-refractivity contribution in [3.05, 3.63) is 0 Å². The Labute approximate surface area is 145 Å². The third kappa shape index (κ3) is 11.6. The Morgan fingerprint density at radius 1 is 1.29 bits per heavy atom. The molecule has 24 heavy (non-hydrogen) atoms. The van der Waals surface area contributed by atoms with E-state index in [1.807, 2.05) is 6.92 Å². The first kappa shape index (κ1) is 21.1. The molecule has 1 saturated heterocycles. The van der Waals surface area contributed by atoms with Gasteiger partial charge in [-0.15, -0.1) is 0 Å². The van der Waals surface area contributed by atoms with Crippen LogP contribution in [0.3, 0.4) is 0 Å². The Hall–Kier alpha value is -0.900. The van der Waals surface area contributed by atoms with Crippen molar-refractivity contribution in [2.45, 2.75) is 38.7 Å². The normalized spacial score (nSPS) is 18.8. The zero-order valence-corrected chi connectivity index (χ0v) is 15.7. The van der Waals surface area contributed by atoms with Gasteiger partial charge in [-0.25, -0.2) is 13.1 Å². The summed E-state index contributed by atoms with van der Waals surface area (Å²) in [6, 6.07) is 0. The smallest absolute Gasteiger partial charge is 0.208 e. The van der Waals surface area contributed by atoms with Crippen LogP contribution in [0.25, 0.3) is 0 Å². The summed E-state index contributed by atoms with van der Waals surface area (Å²) in [6.45, 7) is 6.76. The predicted octanol–water partition coefficient (Wildman–Crippen LogP) is 0.0665. The first-order chi connectivity index (χ1) is 11.5. The van der Waals surface area contributed by atoms with E-state index in [0.717, 1.165) is 44.6 Å². The topological polar surface area (TPSA) is 101 Å². The molecule has 1 unspecified atom stereocenters. The molecule has 0 bridgehead atoms. The number of ether oxygens (including phenoxy) is 2. The molecule has 0 aromatic rings. The van der Waals surface area contributed by atoms with Crippen LogP contribution in [0.4, 0.5) is 0 Å². The van der Waals surface area contributed by atoms with E-state index in [1.54, 1.807) is 0 Å². The number of guanidine groups is 1. The van der Waals surface area contributed by atoms with Crippen molar-refractivity contribution < 1.29 is 17.9 Å². The average molecular weight is 365 g/mol. The van der Waals surface area contributed by atoms with E-state index < -0.39 is 10.0 Å². The molecule has 0 aliphatic carbocycles. The van der Waals surface area contributed by atoms with Crippen LogP contribution in [0.15, 0.2) is 4.99 Å². The van der Waals surface area contributed by atoms with Crippen molar-refractivity contribution in [3.63, 3.8) is 0 Å². The monoisotopic (exact) mass is 364 g/mol. The third-order valence-corrected chi connectivity index (χ3v) is 4.13. The Kier molecular flexibility index (Phi) is 11.0. The standard InChI is InChI=1S/C15H32N4O4S/c1-3-16-15(17-8-5-10-19-24(2,20)21)18-9-6-11-22-13-14-7-4-12-23-14/h14,19H,3-13H2,1-2H3,(H2,16,17,18). The molecule has 142 valence electrons. The number of rotatable bonds is 12. The van der Waals surface area contributed by atoms with Gasteiger partial charge in [-0.2, -0.15) is 0 Å². The quantitative estimate of drug-likeness (QED) is 0.257. The predicted molar refractivity (Wildman–Crippen MR) is 95.9 cm³/mol. The highest BCUT2D eigenvalue weighted by molar-refractivity contribution is 7.88. The van der Waals surface area contributed by atoms with E-state index in [0.29, 0.717) is 39.3 Å². The summed E-state index contributed by atoms with van der Waals surface area (Å²) >= 11 is 0. The van der Waals surface area contributed by atoms with Crippen molar-refractivity contribution in [2.75, 3.05) is 52.3 Å². The van der Waals surface area contributed by atoms with Crippen LogP contribution in [0.2, 0.25) is 0 Å². The maximum atomic E-state index is 11.0. The summed E-state index contributed by atoms with van der Waals surface area (Å²) in [7, 11) is -3.11. The number of nitrogens with zero attached hydrogens (tertiary/aromatic N) is 1. The molecule has 1 fully saturated rings. The van der Waals surface area contributed by atoms with E-state index in [2.05, 4.69) is 20.3 Å². The minimum atomic E-state index is -3.11. The van der Waals surface area contributed by atoms with Gasteiger partial charge in [0.05, 0.1) is 19.0 Å². The molecule has 9 heteroatoms. The molecular weight excluding hydrogens is 332 g/mol. The van der Waals surface area contributed by atoms with Gasteiger partial charge in [0.25, 0.3) is 0 Å². The molecule has 0 radical (unpaired) electrons. The number of hydrogen-bond acceptors (Lipinski definition) is 5. The highest BCUT2D eigenvalue weighted by Gasteiger charge is 2.14. The number of hydrogen-bond donors (Lipinski definition) is 3. The van der Waals surface area contributed by atoms with Crippen LogP contribution in [-0.4, -0.2) is 72.7 Å². The lowest BCUT2D eigenvalue weighted by molar-refractivity contribution is 0.0171. The summed E-state index contributed by atoms with van der Waals surface area (Å²) in [6.07, 6.45) is 5.22. The number of sulfonamides is 1. The average Bonchev–Trinajstić information content (AvgIpc) is 3.02. The molecule has 1 atom stereocenters. The van der Waals surface area contributed by atoms with Crippen LogP contribution in [0.5, 0.6) is 0 Å². The van der Waals surface area contributed by atoms with Gasteiger partial charge in [0, 0.05) is 39.4 Å². The third-order valence-electron chi connectivity index (χ3n) is 3.40. The lowest BCUT2D eigenvalue weighted by Gasteiger charge is -2.12. The van der Waals surface area contributed by atoms with Gasteiger partial charge in [-0.1, -0.05) is 0 Å². The van der Waals surface area contributed by atoms with Crippen LogP contribution < -0.4 is 15.4 Å². The Morgan fingerprint density at radius 2 is 2.12 bits per heavy atom. The Bertz CT molecular complexity index is 450. The molecule has 0 aromatic carbocycles. The van der Waals surface area contributed by atoms with E-state index in [4.69, 9.17) is 9.47 Å². The van der Waals surface area contributed by atoms with Crippen molar-refractivity contribution in [2.24, 2.45) is 4.99 Å². The van der Waals surface area contributed by atoms with Crippen LogP contribution in [0.1, 0.15) is 32.6 Å². The van der Waals surface area contributed by atoms with Crippen LogP contribution in [-0.2, 0) is 19.5 Å². The second kappa shape index (κ2) is 12.5. The summed E-state index contributed by atoms with van der Waals surface area (Å²) in [5.74, 6) is 0.746. The molecular formula is C15H32N4O4S. The van der Waals surface area contributed by atoms with Gasteiger partial charge in [0.1, 0.15) is 0 Å². The number of aliphatic imine (C=N–C) groups is 1. The van der Waals surface area contributed by atoms with E-state index >= 15 is 0 Å². The summed E-state index contributed by atoms with van der Waals surface area (Å²) < 4.78 is 35.5. The number of nitrogens with one attached hydrogen (secondary N) is 3. The summed E-state index contributed by atoms with van der Waals surface area (Å²) in [5.41, 5.74) is 0. The molecule has 0 saturated carbocycles. The molecule has 1 rings (SSSR count). The van der Waals surface area contributed by atoms with Gasteiger partial charge in [0.15, 0.2) is 5.96 Å². The minimum Gasteiger partial charge on any atom is -0.379 e. The summed E-state index contributed by atoms with van der Waals surface area (Å²) in [5, 5.41) is 6.35. The molecule has 0 spiro atoms. The van der Waals surface area contributed by atoms with Gasteiger partial charge in [0.2, 0.25) is 10.0 Å². The Balaban J connectivity index is 2.07. The second-order valence-electron chi connectivity index (χ2n) is 5.77. The first-order valence-corrected chi connectivity index (χ1v) is 10.6. The van der Waals surface area contributed by atoms with Gasteiger partial charge in [-0.05, 0) is 32.6 Å². The van der Waals surface area contributed by atoms with E-state index in [9.17, 15) is 8.42 Å². The van der Waals surface area contributed by atoms with Crippen molar-refractivity contribution in [1.29, 1.82) is 0 Å². The molecule has 1 aliphatic rings. The molecule has 0 amide bonds. The highest BCUT2D eigenvalue weighted by Crippen LogP contribution is 2.11. The molecule has 0 aromatic heterocycles. The lowest BCUT2D eigenvalue weighted by atomic mass is 10.2. The van der Waals surface area contributed by atoms with Crippen LogP contribution in [0, 0.1) is 0 Å².